The lowest BCUT2D eigenvalue weighted by Crippen LogP contribution is -2.37. The van der Waals surface area contributed by atoms with Crippen molar-refractivity contribution >= 4 is 22.8 Å². The number of nitrogens with zero attached hydrogens (tertiary/aromatic N) is 4. The van der Waals surface area contributed by atoms with Gasteiger partial charge in [0.15, 0.2) is 5.65 Å². The van der Waals surface area contributed by atoms with E-state index in [1.54, 1.807) is 18.8 Å². The normalized spacial score (nSPS) is 11.5. The summed E-state index contributed by atoms with van der Waals surface area (Å²) in [5.74, 6) is 2.14. The van der Waals surface area contributed by atoms with Crippen LogP contribution >= 0.6 is 11.8 Å². The Bertz CT molecular complexity index is 808. The highest BCUT2D eigenvalue weighted by Crippen LogP contribution is 2.24. The Labute approximate surface area is 133 Å². The lowest BCUT2D eigenvalue weighted by molar-refractivity contribution is 0.632. The van der Waals surface area contributed by atoms with Gasteiger partial charge in [-0.15, -0.1) is 11.8 Å². The van der Waals surface area contributed by atoms with Crippen molar-refractivity contribution in [2.24, 2.45) is 20.0 Å². The summed E-state index contributed by atoms with van der Waals surface area (Å²) in [5.41, 5.74) is -0.267. The molecule has 0 aliphatic rings. The minimum Gasteiger partial charge on any atom is -0.280 e. The van der Waals surface area contributed by atoms with Gasteiger partial charge in [0.1, 0.15) is 16.2 Å². The predicted octanol–water partition coefficient (Wildman–Crippen LogP) is 1.73. The van der Waals surface area contributed by atoms with E-state index in [9.17, 15) is 9.59 Å². The van der Waals surface area contributed by atoms with E-state index in [1.165, 1.54) is 11.6 Å². The summed E-state index contributed by atoms with van der Waals surface area (Å²) in [5, 5.41) is 1.12. The van der Waals surface area contributed by atoms with Crippen LogP contribution in [0.2, 0.25) is 0 Å². The van der Waals surface area contributed by atoms with Crippen molar-refractivity contribution in [3.05, 3.63) is 26.7 Å². The summed E-state index contributed by atoms with van der Waals surface area (Å²) in [6, 6.07) is 0. The van der Waals surface area contributed by atoms with E-state index >= 15 is 0 Å². The Morgan fingerprint density at radius 1 is 1.14 bits per heavy atom. The van der Waals surface area contributed by atoms with Gasteiger partial charge >= 0.3 is 5.69 Å². The molecule has 0 aromatic carbocycles. The molecule has 0 spiro atoms. The Hall–Kier alpha value is -1.63. The van der Waals surface area contributed by atoms with E-state index in [-0.39, 0.29) is 11.2 Å². The average Bonchev–Trinajstić information content (AvgIpc) is 2.49. The molecular weight excluding hydrogens is 300 g/mol. The highest BCUT2D eigenvalue weighted by atomic mass is 32.2. The molecule has 0 unspecified atom stereocenters. The molecule has 0 bridgehead atoms. The second-order valence-electron chi connectivity index (χ2n) is 5.73. The summed E-state index contributed by atoms with van der Waals surface area (Å²) in [4.78, 5) is 33.4. The van der Waals surface area contributed by atoms with Crippen molar-refractivity contribution in [2.75, 3.05) is 5.75 Å². The van der Waals surface area contributed by atoms with Gasteiger partial charge in [0.25, 0.3) is 5.56 Å². The molecule has 2 heterocycles. The predicted molar refractivity (Wildman–Crippen MR) is 89.6 cm³/mol. The molecule has 2 rings (SSSR count). The summed E-state index contributed by atoms with van der Waals surface area (Å²) in [7, 11) is 3.12. The molecule has 2 aromatic rings. The first-order valence-corrected chi connectivity index (χ1v) is 8.44. The second-order valence-corrected chi connectivity index (χ2v) is 6.82. The van der Waals surface area contributed by atoms with Crippen molar-refractivity contribution in [1.29, 1.82) is 0 Å². The van der Waals surface area contributed by atoms with Gasteiger partial charge in [-0.05, 0) is 18.1 Å². The van der Waals surface area contributed by atoms with Crippen molar-refractivity contribution in [3.63, 3.8) is 0 Å². The molecule has 6 nitrogen and oxygen atoms in total. The third-order valence-corrected chi connectivity index (χ3v) is 4.57. The zero-order chi connectivity index (χ0) is 16.4. The van der Waals surface area contributed by atoms with Gasteiger partial charge in [0, 0.05) is 20.5 Å². The second kappa shape index (κ2) is 6.64. The summed E-state index contributed by atoms with van der Waals surface area (Å²) in [6.45, 7) is 6.29. The molecule has 0 amide bonds. The van der Waals surface area contributed by atoms with Crippen LogP contribution in [0, 0.1) is 5.92 Å². The molecule has 7 heteroatoms. The first kappa shape index (κ1) is 16.7. The molecular formula is C15H22N4O2S. The monoisotopic (exact) mass is 322 g/mol. The maximum absolute atomic E-state index is 12.5. The fraction of sp³-hybridized carbons (Fsp3) is 0.600. The Morgan fingerprint density at radius 2 is 1.82 bits per heavy atom. The average molecular weight is 322 g/mol. The fourth-order valence-electron chi connectivity index (χ4n) is 2.13. The maximum atomic E-state index is 12.5. The first-order chi connectivity index (χ1) is 10.4. The molecule has 0 radical (unpaired) electrons. The lowest BCUT2D eigenvalue weighted by Gasteiger charge is -2.11. The van der Waals surface area contributed by atoms with Crippen LogP contribution in [0.4, 0.5) is 0 Å². The van der Waals surface area contributed by atoms with E-state index in [1.807, 2.05) is 6.92 Å². The van der Waals surface area contributed by atoms with Crippen molar-refractivity contribution in [1.82, 2.24) is 19.1 Å². The zero-order valence-corrected chi connectivity index (χ0v) is 14.5. The van der Waals surface area contributed by atoms with E-state index < -0.39 is 0 Å². The summed E-state index contributed by atoms with van der Waals surface area (Å²) < 4.78 is 2.54. The molecule has 120 valence electrons. The molecule has 0 fully saturated rings. The number of hydrogen-bond acceptors (Lipinski definition) is 5. The number of hydrogen-bond donors (Lipinski definition) is 0. The van der Waals surface area contributed by atoms with Crippen LogP contribution in [-0.4, -0.2) is 24.9 Å². The largest absolute Gasteiger partial charge is 0.332 e. The number of thioether (sulfide) groups is 1. The molecule has 0 aliphatic heterocycles. The fourth-order valence-corrected chi connectivity index (χ4v) is 3.40. The first-order valence-electron chi connectivity index (χ1n) is 7.46. The highest BCUT2D eigenvalue weighted by molar-refractivity contribution is 7.99. The van der Waals surface area contributed by atoms with Gasteiger partial charge in [0.05, 0.1) is 0 Å². The Balaban J connectivity index is 2.68. The number of rotatable bonds is 5. The van der Waals surface area contributed by atoms with Gasteiger partial charge in [-0.3, -0.25) is 13.9 Å². The van der Waals surface area contributed by atoms with Gasteiger partial charge in [-0.2, -0.15) is 0 Å². The topological polar surface area (TPSA) is 69.8 Å². The van der Waals surface area contributed by atoms with Crippen molar-refractivity contribution in [3.8, 4) is 0 Å². The van der Waals surface area contributed by atoms with Crippen LogP contribution in [0.5, 0.6) is 0 Å². The molecule has 22 heavy (non-hydrogen) atoms. The third-order valence-electron chi connectivity index (χ3n) is 3.56. The van der Waals surface area contributed by atoms with Gasteiger partial charge in [-0.25, -0.2) is 14.8 Å². The van der Waals surface area contributed by atoms with Gasteiger partial charge in [0.2, 0.25) is 0 Å². The zero-order valence-electron chi connectivity index (χ0n) is 13.7. The van der Waals surface area contributed by atoms with Crippen molar-refractivity contribution < 1.29 is 0 Å². The van der Waals surface area contributed by atoms with Crippen LogP contribution in [0.15, 0.2) is 14.6 Å². The van der Waals surface area contributed by atoms with Crippen LogP contribution in [0.25, 0.3) is 11.0 Å². The SMILES string of the molecule is CCc1nc(SCCC(C)C)c2c(=O)n(C)c(=O)n(C)c2n1. The Morgan fingerprint density at radius 3 is 2.41 bits per heavy atom. The number of aryl methyl sites for hydroxylation is 2. The molecule has 0 atom stereocenters. The van der Waals surface area contributed by atoms with E-state index in [0.717, 1.165) is 16.7 Å². The Kier molecular flexibility index (Phi) is 5.05. The van der Waals surface area contributed by atoms with E-state index in [0.29, 0.717) is 34.2 Å². The van der Waals surface area contributed by atoms with Crippen molar-refractivity contribution in [2.45, 2.75) is 38.6 Å². The third kappa shape index (κ3) is 3.09. The van der Waals surface area contributed by atoms with Crippen LogP contribution in [0.1, 0.15) is 33.0 Å². The van der Waals surface area contributed by atoms with E-state index in [4.69, 9.17) is 0 Å². The summed E-state index contributed by atoms with van der Waals surface area (Å²) >= 11 is 1.57. The minimum absolute atomic E-state index is 0.326. The minimum atomic E-state index is -0.364. The number of fused-ring (bicyclic) bond motifs is 1. The maximum Gasteiger partial charge on any atom is 0.332 e. The smallest absolute Gasteiger partial charge is 0.280 e. The molecule has 0 N–H and O–H groups in total. The standard InChI is InChI=1S/C15H22N4O2S/c1-6-10-16-12-11(13(17-10)22-8-7-9(2)3)14(20)19(5)15(21)18(12)4/h9H,6-8H2,1-5H3. The molecule has 2 aromatic heterocycles. The molecule has 0 saturated heterocycles. The molecule has 0 aliphatic carbocycles. The summed E-state index contributed by atoms with van der Waals surface area (Å²) in [6.07, 6.45) is 1.71. The van der Waals surface area contributed by atoms with Gasteiger partial charge < -0.3 is 0 Å². The quantitative estimate of drug-likeness (QED) is 0.619. The number of aromatic nitrogens is 4. The van der Waals surface area contributed by atoms with Crippen LogP contribution < -0.4 is 11.2 Å². The molecule has 0 saturated carbocycles. The van der Waals surface area contributed by atoms with Crippen LogP contribution in [0.3, 0.4) is 0 Å². The van der Waals surface area contributed by atoms with Crippen LogP contribution in [-0.2, 0) is 20.5 Å². The highest BCUT2D eigenvalue weighted by Gasteiger charge is 2.16. The van der Waals surface area contributed by atoms with E-state index in [2.05, 4.69) is 23.8 Å². The lowest BCUT2D eigenvalue weighted by atomic mass is 10.2. The van der Waals surface area contributed by atoms with Gasteiger partial charge in [-0.1, -0.05) is 20.8 Å².